The number of carbonyl (C=O) groups excluding carboxylic acids is 1. The van der Waals surface area contributed by atoms with Crippen LogP contribution in [0.15, 0.2) is 29.5 Å². The summed E-state index contributed by atoms with van der Waals surface area (Å²) < 4.78 is 18.7. The number of anilines is 1. The Morgan fingerprint density at radius 1 is 1.14 bits per heavy atom. The van der Waals surface area contributed by atoms with E-state index >= 15 is 0 Å². The first kappa shape index (κ1) is 19.2. The number of aromatic nitrogens is 4. The molecule has 2 aromatic heterocycles. The first-order valence-electron chi connectivity index (χ1n) is 8.45. The van der Waals surface area contributed by atoms with Gasteiger partial charge in [0.1, 0.15) is 5.39 Å². The molecule has 1 aromatic carbocycles. The minimum atomic E-state index is -0.271. The number of hydrogen-bond donors (Lipinski definition) is 1. The van der Waals surface area contributed by atoms with Gasteiger partial charge in [-0.25, -0.2) is 4.98 Å². The molecule has 0 radical (unpaired) electrons. The Labute approximate surface area is 160 Å². The number of hydrogen-bond acceptors (Lipinski definition) is 7. The molecule has 0 atom stereocenters. The zero-order valence-electron chi connectivity index (χ0n) is 16.1. The van der Waals surface area contributed by atoms with Crippen LogP contribution in [0.25, 0.3) is 11.0 Å². The predicted molar refractivity (Wildman–Crippen MR) is 102 cm³/mol. The van der Waals surface area contributed by atoms with Gasteiger partial charge < -0.3 is 19.5 Å². The molecule has 0 saturated carbocycles. The van der Waals surface area contributed by atoms with Crippen molar-refractivity contribution in [1.29, 1.82) is 0 Å². The van der Waals surface area contributed by atoms with Crippen molar-refractivity contribution in [1.82, 2.24) is 19.3 Å². The quantitative estimate of drug-likeness (QED) is 0.648. The lowest BCUT2D eigenvalue weighted by molar-refractivity contribution is -0.116. The van der Waals surface area contributed by atoms with Crippen LogP contribution in [0.5, 0.6) is 17.2 Å². The van der Waals surface area contributed by atoms with Crippen molar-refractivity contribution in [2.24, 2.45) is 7.05 Å². The second-order valence-electron chi connectivity index (χ2n) is 5.96. The molecule has 28 heavy (non-hydrogen) atoms. The van der Waals surface area contributed by atoms with E-state index in [9.17, 15) is 9.59 Å². The summed E-state index contributed by atoms with van der Waals surface area (Å²) in [4.78, 5) is 29.0. The fourth-order valence-corrected chi connectivity index (χ4v) is 2.82. The maximum Gasteiger partial charge on any atom is 0.264 e. The molecule has 0 fully saturated rings. The van der Waals surface area contributed by atoms with Gasteiger partial charge >= 0.3 is 0 Å². The fourth-order valence-electron chi connectivity index (χ4n) is 2.82. The molecule has 10 heteroatoms. The van der Waals surface area contributed by atoms with Crippen LogP contribution in [0.2, 0.25) is 0 Å². The largest absolute Gasteiger partial charge is 0.493 e. The predicted octanol–water partition coefficient (Wildman–Crippen LogP) is 1.18. The third kappa shape index (κ3) is 3.61. The third-order valence-corrected chi connectivity index (χ3v) is 4.25. The SMILES string of the molecule is COc1cc(NC(=O)CCn2cnc3c(cnn3C)c2=O)cc(OC)c1OC. The number of fused-ring (bicyclic) bond motifs is 1. The highest BCUT2D eigenvalue weighted by Gasteiger charge is 2.15. The Balaban J connectivity index is 1.73. The Bertz CT molecular complexity index is 1050. The molecule has 1 amide bonds. The molecule has 2 heterocycles. The van der Waals surface area contributed by atoms with Crippen molar-refractivity contribution in [3.8, 4) is 17.2 Å². The summed E-state index contributed by atoms with van der Waals surface area (Å²) in [5.74, 6) is 1.03. The van der Waals surface area contributed by atoms with E-state index in [2.05, 4.69) is 15.4 Å². The Kier molecular flexibility index (Phi) is 5.48. The minimum Gasteiger partial charge on any atom is -0.493 e. The smallest absolute Gasteiger partial charge is 0.264 e. The van der Waals surface area contributed by atoms with Crippen molar-refractivity contribution in [3.05, 3.63) is 35.0 Å². The fraction of sp³-hybridized carbons (Fsp3) is 0.333. The van der Waals surface area contributed by atoms with Gasteiger partial charge in [0.15, 0.2) is 17.1 Å². The van der Waals surface area contributed by atoms with Crippen LogP contribution in [0.4, 0.5) is 5.69 Å². The van der Waals surface area contributed by atoms with Crippen molar-refractivity contribution in [2.45, 2.75) is 13.0 Å². The van der Waals surface area contributed by atoms with Crippen LogP contribution >= 0.6 is 0 Å². The lowest BCUT2D eigenvalue weighted by atomic mass is 10.2. The molecule has 0 bridgehead atoms. The molecule has 0 spiro atoms. The molecule has 0 unspecified atom stereocenters. The Morgan fingerprint density at radius 3 is 2.43 bits per heavy atom. The number of ether oxygens (including phenoxy) is 3. The average Bonchev–Trinajstić information content (AvgIpc) is 3.08. The molecule has 3 aromatic rings. The first-order valence-corrected chi connectivity index (χ1v) is 8.45. The molecule has 0 saturated heterocycles. The van der Waals surface area contributed by atoms with Crippen LogP contribution in [0, 0.1) is 0 Å². The summed E-state index contributed by atoms with van der Waals surface area (Å²) in [7, 11) is 6.21. The normalized spacial score (nSPS) is 10.7. The van der Waals surface area contributed by atoms with E-state index in [0.717, 1.165) is 0 Å². The second kappa shape index (κ2) is 7.99. The number of rotatable bonds is 7. The summed E-state index contributed by atoms with van der Waals surface area (Å²) in [6, 6.07) is 3.27. The van der Waals surface area contributed by atoms with Gasteiger partial charge in [-0.05, 0) is 0 Å². The Morgan fingerprint density at radius 2 is 1.82 bits per heavy atom. The lowest BCUT2D eigenvalue weighted by Gasteiger charge is -2.14. The monoisotopic (exact) mass is 387 g/mol. The number of methoxy groups -OCH3 is 3. The van der Waals surface area contributed by atoms with Crippen LogP contribution in [-0.4, -0.2) is 46.6 Å². The minimum absolute atomic E-state index is 0.0873. The zero-order valence-corrected chi connectivity index (χ0v) is 16.1. The highest BCUT2D eigenvalue weighted by Crippen LogP contribution is 2.39. The number of carbonyl (C=O) groups is 1. The highest BCUT2D eigenvalue weighted by molar-refractivity contribution is 5.91. The molecule has 0 aliphatic rings. The highest BCUT2D eigenvalue weighted by atomic mass is 16.5. The summed E-state index contributed by atoms with van der Waals surface area (Å²) >= 11 is 0. The van der Waals surface area contributed by atoms with Gasteiger partial charge in [0.05, 0.1) is 33.9 Å². The van der Waals surface area contributed by atoms with Crippen molar-refractivity contribution in [2.75, 3.05) is 26.6 Å². The van der Waals surface area contributed by atoms with Gasteiger partial charge in [-0.1, -0.05) is 0 Å². The van der Waals surface area contributed by atoms with Gasteiger partial charge in [-0.3, -0.25) is 18.8 Å². The van der Waals surface area contributed by atoms with E-state index in [1.165, 1.54) is 43.1 Å². The maximum atomic E-state index is 12.4. The van der Waals surface area contributed by atoms with Gasteiger partial charge in [-0.2, -0.15) is 5.10 Å². The van der Waals surface area contributed by atoms with Crippen LogP contribution in [0.1, 0.15) is 6.42 Å². The molecule has 0 aliphatic heterocycles. The van der Waals surface area contributed by atoms with E-state index in [-0.39, 0.29) is 24.4 Å². The molecule has 148 valence electrons. The standard InChI is InChI=1S/C18H21N5O5/c1-22-17-12(9-20-22)18(25)23(10-19-17)6-5-15(24)21-11-7-13(26-2)16(28-4)14(8-11)27-3/h7-10H,5-6H2,1-4H3,(H,21,24). The van der Waals surface area contributed by atoms with E-state index < -0.39 is 0 Å². The maximum absolute atomic E-state index is 12.4. The molecular formula is C18H21N5O5. The van der Waals surface area contributed by atoms with Gasteiger partial charge in [-0.15, -0.1) is 0 Å². The van der Waals surface area contributed by atoms with Gasteiger partial charge in [0, 0.05) is 37.8 Å². The summed E-state index contributed by atoms with van der Waals surface area (Å²) in [5.41, 5.74) is 0.759. The number of aryl methyl sites for hydroxylation is 2. The molecular weight excluding hydrogens is 366 g/mol. The second-order valence-corrected chi connectivity index (χ2v) is 5.96. The summed E-state index contributed by atoms with van der Waals surface area (Å²) in [5, 5.41) is 7.20. The van der Waals surface area contributed by atoms with Crippen molar-refractivity contribution in [3.63, 3.8) is 0 Å². The number of benzene rings is 1. The van der Waals surface area contributed by atoms with E-state index in [1.807, 2.05) is 0 Å². The summed E-state index contributed by atoms with van der Waals surface area (Å²) in [6.07, 6.45) is 2.97. The first-order chi connectivity index (χ1) is 13.5. The summed E-state index contributed by atoms with van der Waals surface area (Å²) in [6.45, 7) is 0.187. The molecule has 10 nitrogen and oxygen atoms in total. The topological polar surface area (TPSA) is 110 Å². The van der Waals surface area contributed by atoms with Crippen LogP contribution < -0.4 is 25.1 Å². The van der Waals surface area contributed by atoms with E-state index in [4.69, 9.17) is 14.2 Å². The van der Waals surface area contributed by atoms with E-state index in [1.54, 1.807) is 19.2 Å². The van der Waals surface area contributed by atoms with Crippen molar-refractivity contribution < 1.29 is 19.0 Å². The van der Waals surface area contributed by atoms with Crippen LogP contribution in [-0.2, 0) is 18.4 Å². The number of nitrogens with zero attached hydrogens (tertiary/aromatic N) is 4. The van der Waals surface area contributed by atoms with Crippen molar-refractivity contribution >= 4 is 22.6 Å². The zero-order chi connectivity index (χ0) is 20.3. The average molecular weight is 387 g/mol. The van der Waals surface area contributed by atoms with E-state index in [0.29, 0.717) is 34.0 Å². The molecule has 0 aliphatic carbocycles. The molecule has 1 N–H and O–H groups in total. The number of nitrogens with one attached hydrogen (secondary N) is 1. The third-order valence-electron chi connectivity index (χ3n) is 4.25. The number of amides is 1. The lowest BCUT2D eigenvalue weighted by Crippen LogP contribution is -2.23. The van der Waals surface area contributed by atoms with Crippen LogP contribution in [0.3, 0.4) is 0 Å². The molecule has 3 rings (SSSR count). The van der Waals surface area contributed by atoms with Gasteiger partial charge in [0.2, 0.25) is 11.7 Å². The van der Waals surface area contributed by atoms with Gasteiger partial charge in [0.25, 0.3) is 5.56 Å². The Hall–Kier alpha value is -3.56.